The summed E-state index contributed by atoms with van der Waals surface area (Å²) in [4.78, 5) is 8.70. The van der Waals surface area contributed by atoms with Crippen molar-refractivity contribution in [1.29, 1.82) is 0 Å². The van der Waals surface area contributed by atoms with Crippen LogP contribution in [0.1, 0.15) is 11.1 Å². The van der Waals surface area contributed by atoms with Crippen molar-refractivity contribution in [2.24, 2.45) is 0 Å². The summed E-state index contributed by atoms with van der Waals surface area (Å²) in [5.74, 6) is 1.64. The first-order chi connectivity index (χ1) is 13.7. The molecule has 0 atom stereocenters. The van der Waals surface area contributed by atoms with Crippen molar-refractivity contribution in [3.8, 4) is 5.75 Å². The quantitative estimate of drug-likeness (QED) is 0.330. The average Bonchev–Trinajstić information content (AvgIpc) is 2.74. The number of methoxy groups -OCH3 is 1. The normalized spacial score (nSPS) is 10.7. The van der Waals surface area contributed by atoms with Crippen molar-refractivity contribution in [1.82, 2.24) is 9.97 Å². The number of hydrogen-bond acceptors (Lipinski definition) is 4. The van der Waals surface area contributed by atoms with Gasteiger partial charge >= 0.3 is 0 Å². The molecular weight excluding hydrogens is 450 g/mol. The highest BCUT2D eigenvalue weighted by Gasteiger charge is 2.04. The van der Waals surface area contributed by atoms with E-state index < -0.39 is 0 Å². The second-order valence-electron chi connectivity index (χ2n) is 6.24. The molecule has 1 heterocycles. The van der Waals surface area contributed by atoms with Gasteiger partial charge in [0.2, 0.25) is 0 Å². The second-order valence-corrected chi connectivity index (χ2v) is 7.15. The molecule has 0 aliphatic rings. The number of rotatable bonds is 5. The average molecular weight is 469 g/mol. The summed E-state index contributed by atoms with van der Waals surface area (Å²) in [5, 5.41) is 4.35. The molecule has 0 saturated carbocycles. The zero-order chi connectivity index (χ0) is 19.3. The highest BCUT2D eigenvalue weighted by atomic mass is 79.9. The number of anilines is 2. The van der Waals surface area contributed by atoms with E-state index in [9.17, 15) is 0 Å². The largest absolute Gasteiger partial charge is 0.497 e. The van der Waals surface area contributed by atoms with Gasteiger partial charge in [-0.1, -0.05) is 52.3 Å². The fraction of sp³-hybridized carbons (Fsp3) is 0.0435. The summed E-state index contributed by atoms with van der Waals surface area (Å²) in [6.45, 7) is 0. The highest BCUT2D eigenvalue weighted by molar-refractivity contribution is 9.10. The molecule has 6 heteroatoms. The van der Waals surface area contributed by atoms with Gasteiger partial charge < -0.3 is 10.1 Å². The Balaban J connectivity index is 0.00000240. The molecule has 0 amide bonds. The maximum Gasteiger partial charge on any atom is 0.141 e. The van der Waals surface area contributed by atoms with Crippen molar-refractivity contribution in [3.05, 3.63) is 88.7 Å². The monoisotopic (exact) mass is 467 g/mol. The number of aromatic nitrogens is 2. The first-order valence-corrected chi connectivity index (χ1v) is 9.60. The molecule has 3 aromatic carbocycles. The molecule has 1 N–H and O–H groups in total. The minimum absolute atomic E-state index is 0. The number of benzene rings is 3. The van der Waals surface area contributed by atoms with Crippen LogP contribution in [-0.4, -0.2) is 17.1 Å². The van der Waals surface area contributed by atoms with Crippen LogP contribution in [0.3, 0.4) is 0 Å². The van der Waals surface area contributed by atoms with Gasteiger partial charge in [0.1, 0.15) is 17.9 Å². The van der Waals surface area contributed by atoms with E-state index in [0.29, 0.717) is 0 Å². The molecule has 0 saturated heterocycles. The number of nitrogens with one attached hydrogen (secondary N) is 1. The molecule has 0 fully saturated rings. The van der Waals surface area contributed by atoms with Crippen LogP contribution in [-0.2, 0) is 0 Å². The van der Waals surface area contributed by atoms with Crippen molar-refractivity contribution < 1.29 is 4.74 Å². The molecule has 0 bridgehead atoms. The Labute approximate surface area is 184 Å². The highest BCUT2D eigenvalue weighted by Crippen LogP contribution is 2.26. The molecule has 4 rings (SSSR count). The Bertz CT molecular complexity index is 1130. The van der Waals surface area contributed by atoms with Crippen LogP contribution in [0, 0.1) is 0 Å². The summed E-state index contributed by atoms with van der Waals surface area (Å²) in [5.41, 5.74) is 4.12. The summed E-state index contributed by atoms with van der Waals surface area (Å²) in [7, 11) is 1.67. The molecule has 4 aromatic rings. The van der Waals surface area contributed by atoms with E-state index in [-0.39, 0.29) is 12.4 Å². The standard InChI is InChI=1S/C23H18BrN3O.ClH/c1-28-20-11-6-17(7-12-20)3-2-16-4-9-19(10-5-16)27-23-21-14-18(24)8-13-22(21)25-15-26-23;/h2-15H,1H3,(H,25,26,27);1H/b3-2+;. The maximum absolute atomic E-state index is 5.18. The lowest BCUT2D eigenvalue weighted by atomic mass is 10.1. The third-order valence-electron chi connectivity index (χ3n) is 4.35. The van der Waals surface area contributed by atoms with Gasteiger partial charge in [-0.3, -0.25) is 0 Å². The predicted octanol–water partition coefficient (Wildman–Crippen LogP) is 6.74. The Morgan fingerprint density at radius 2 is 1.52 bits per heavy atom. The van der Waals surface area contributed by atoms with E-state index in [4.69, 9.17) is 4.74 Å². The first kappa shape index (κ1) is 20.8. The van der Waals surface area contributed by atoms with Crippen molar-refractivity contribution in [3.63, 3.8) is 0 Å². The van der Waals surface area contributed by atoms with Crippen LogP contribution in [0.2, 0.25) is 0 Å². The summed E-state index contributed by atoms with van der Waals surface area (Å²) in [6, 6.07) is 22.2. The molecular formula is C23H19BrClN3O. The Morgan fingerprint density at radius 1 is 0.862 bits per heavy atom. The van der Waals surface area contributed by atoms with Crippen LogP contribution < -0.4 is 10.1 Å². The fourth-order valence-corrected chi connectivity index (χ4v) is 3.21. The van der Waals surface area contributed by atoms with Gasteiger partial charge in [-0.15, -0.1) is 12.4 Å². The number of hydrogen-bond donors (Lipinski definition) is 1. The lowest BCUT2D eigenvalue weighted by molar-refractivity contribution is 0.415. The third-order valence-corrected chi connectivity index (χ3v) is 4.85. The zero-order valence-corrected chi connectivity index (χ0v) is 18.1. The lowest BCUT2D eigenvalue weighted by Gasteiger charge is -2.09. The lowest BCUT2D eigenvalue weighted by Crippen LogP contribution is -1.96. The van der Waals surface area contributed by atoms with E-state index >= 15 is 0 Å². The van der Waals surface area contributed by atoms with E-state index in [1.165, 1.54) is 0 Å². The minimum atomic E-state index is 0. The molecule has 0 aliphatic heterocycles. The van der Waals surface area contributed by atoms with Crippen LogP contribution >= 0.6 is 28.3 Å². The zero-order valence-electron chi connectivity index (χ0n) is 15.7. The van der Waals surface area contributed by atoms with E-state index in [1.807, 2.05) is 54.6 Å². The number of fused-ring (bicyclic) bond motifs is 1. The first-order valence-electron chi connectivity index (χ1n) is 8.81. The summed E-state index contributed by atoms with van der Waals surface area (Å²) in [6.07, 6.45) is 5.74. The Morgan fingerprint density at radius 3 is 2.17 bits per heavy atom. The maximum atomic E-state index is 5.18. The smallest absolute Gasteiger partial charge is 0.141 e. The van der Waals surface area contributed by atoms with Crippen molar-refractivity contribution in [2.45, 2.75) is 0 Å². The summed E-state index contributed by atoms with van der Waals surface area (Å²) >= 11 is 3.51. The molecule has 0 unspecified atom stereocenters. The van der Waals surface area contributed by atoms with Crippen LogP contribution in [0.15, 0.2) is 77.5 Å². The Hall–Kier alpha value is -2.89. The van der Waals surface area contributed by atoms with Gasteiger partial charge in [0.15, 0.2) is 0 Å². The van der Waals surface area contributed by atoms with Gasteiger partial charge in [-0.2, -0.15) is 0 Å². The Kier molecular flexibility index (Phi) is 6.86. The fourth-order valence-electron chi connectivity index (χ4n) is 2.85. The van der Waals surface area contributed by atoms with Gasteiger partial charge in [0, 0.05) is 15.5 Å². The SMILES string of the molecule is COc1ccc(/C=C/c2ccc(Nc3ncnc4ccc(Br)cc34)cc2)cc1.Cl. The minimum Gasteiger partial charge on any atom is -0.497 e. The number of ether oxygens (including phenoxy) is 1. The molecule has 4 nitrogen and oxygen atoms in total. The van der Waals surface area contributed by atoms with Crippen molar-refractivity contribution >= 4 is 62.9 Å². The van der Waals surface area contributed by atoms with E-state index in [2.05, 4.69) is 55.5 Å². The van der Waals surface area contributed by atoms with Crippen LogP contribution in [0.4, 0.5) is 11.5 Å². The van der Waals surface area contributed by atoms with E-state index in [0.717, 1.165) is 43.8 Å². The molecule has 0 radical (unpaired) electrons. The number of halogens is 2. The number of nitrogens with zero attached hydrogens (tertiary/aromatic N) is 2. The molecule has 1 aromatic heterocycles. The predicted molar refractivity (Wildman–Crippen MR) is 126 cm³/mol. The molecule has 29 heavy (non-hydrogen) atoms. The molecule has 0 aliphatic carbocycles. The van der Waals surface area contributed by atoms with Gasteiger partial charge in [-0.05, 0) is 53.6 Å². The third kappa shape index (κ3) is 5.13. The van der Waals surface area contributed by atoms with Crippen LogP contribution in [0.25, 0.3) is 23.1 Å². The summed E-state index contributed by atoms with van der Waals surface area (Å²) < 4.78 is 6.18. The van der Waals surface area contributed by atoms with Crippen molar-refractivity contribution in [2.75, 3.05) is 12.4 Å². The van der Waals surface area contributed by atoms with Gasteiger partial charge in [0.25, 0.3) is 0 Å². The molecule has 146 valence electrons. The van der Waals surface area contributed by atoms with E-state index in [1.54, 1.807) is 13.4 Å². The molecule has 0 spiro atoms. The second kappa shape index (κ2) is 9.54. The van der Waals surface area contributed by atoms with Gasteiger partial charge in [-0.25, -0.2) is 9.97 Å². The topological polar surface area (TPSA) is 47.0 Å². The van der Waals surface area contributed by atoms with Gasteiger partial charge in [0.05, 0.1) is 12.6 Å². The van der Waals surface area contributed by atoms with Crippen LogP contribution in [0.5, 0.6) is 5.75 Å².